The van der Waals surface area contributed by atoms with E-state index in [1.807, 2.05) is 0 Å². The number of amides is 4. The van der Waals surface area contributed by atoms with Gasteiger partial charge in [-0.25, -0.2) is 19.2 Å². The Balaban J connectivity index is 0.0000127. The number of alkyl halides is 6. The summed E-state index contributed by atoms with van der Waals surface area (Å²) in [5.74, 6) is -11.8. The smallest absolute Gasteiger partial charge is 0.391 e. The highest BCUT2D eigenvalue weighted by atomic mass is 19.4. The van der Waals surface area contributed by atoms with Gasteiger partial charge in [0.1, 0.15) is 108 Å². The van der Waals surface area contributed by atoms with Crippen molar-refractivity contribution in [2.75, 3.05) is 81.3 Å². The van der Waals surface area contributed by atoms with Crippen LogP contribution in [0.5, 0.6) is 69.0 Å². The molecule has 2 heterocycles. The van der Waals surface area contributed by atoms with Gasteiger partial charge in [0, 0.05) is 86.9 Å². The topological polar surface area (TPSA) is 272 Å². The number of fused-ring (bicyclic) bond motifs is 2. The molecule has 4 amide bonds. The minimum atomic E-state index is -5.29. The zero-order valence-electron chi connectivity index (χ0n) is 59.3. The van der Waals surface area contributed by atoms with Crippen molar-refractivity contribution in [3.63, 3.8) is 0 Å². The van der Waals surface area contributed by atoms with E-state index in [2.05, 4.69) is 13.2 Å². The number of methoxy groups -OCH3 is 4. The standard InChI is InChI=1S/C78H68F6N2O22.B/c1-9-41(3)73(91)101-27-23-99-25-29-103-75(93)55(39-77(79,80)81)85-69(87)51-35-57(105-47-19-11-15-43(31-47)95-5)63-65-59(107-49-21-13-17-45(33-49)97-7)37-53-62-54(72(90)86(71(53)89)56(40-78(82,83)84)76(94)104-30-26-100-24-28-102-74(92)42(4)10-2)38-60(108-50-22-14-18-46(34-50)98-8)66(68(62)65)64-58(36-52(70(85)88)61(51)67(63)64)106-48-20-12-16-44(32-48)96-6;/h11-22,31-38,55-56H,3-4,9-10,23-30,39-40H2,1-2,5-8H3;. The molecule has 3 radical (unpaired) electrons. The predicted molar refractivity (Wildman–Crippen MR) is 380 cm³/mol. The van der Waals surface area contributed by atoms with Crippen LogP contribution in [-0.4, -0.2) is 171 Å². The minimum Gasteiger partial charge on any atom is -0.497 e. The second-order valence-corrected chi connectivity index (χ2v) is 24.2. The first-order valence-corrected chi connectivity index (χ1v) is 33.4. The molecule has 567 valence electrons. The number of nitrogens with zero attached hydrogens (tertiary/aromatic N) is 2. The molecule has 0 fully saturated rings. The van der Waals surface area contributed by atoms with E-state index in [0.717, 1.165) is 24.3 Å². The minimum absolute atomic E-state index is 0. The molecule has 0 aromatic heterocycles. The summed E-state index contributed by atoms with van der Waals surface area (Å²) in [6, 6.07) is 22.6. The van der Waals surface area contributed by atoms with Crippen molar-refractivity contribution in [3.8, 4) is 69.0 Å². The van der Waals surface area contributed by atoms with Gasteiger partial charge in [-0.1, -0.05) is 51.3 Å². The Hall–Kier alpha value is -12.1. The molecular formula is C78H68BF6N2O22. The van der Waals surface area contributed by atoms with E-state index >= 15 is 45.5 Å². The Morgan fingerprint density at radius 3 is 0.853 bits per heavy atom. The van der Waals surface area contributed by atoms with Gasteiger partial charge in [-0.05, 0) is 85.6 Å². The van der Waals surface area contributed by atoms with E-state index in [4.69, 9.17) is 66.3 Å². The van der Waals surface area contributed by atoms with Gasteiger partial charge in [-0.15, -0.1) is 0 Å². The summed E-state index contributed by atoms with van der Waals surface area (Å²) >= 11 is 0. The highest BCUT2D eigenvalue weighted by Crippen LogP contribution is 2.59. The molecule has 0 saturated heterocycles. The van der Waals surface area contributed by atoms with Gasteiger partial charge in [-0.3, -0.25) is 29.0 Å². The van der Waals surface area contributed by atoms with Crippen LogP contribution in [0.15, 0.2) is 146 Å². The van der Waals surface area contributed by atoms with Crippen LogP contribution < -0.4 is 37.9 Å². The van der Waals surface area contributed by atoms with Crippen LogP contribution in [0.3, 0.4) is 0 Å². The van der Waals surface area contributed by atoms with Crippen LogP contribution in [0.1, 0.15) is 81.0 Å². The van der Waals surface area contributed by atoms with Crippen LogP contribution in [-0.2, 0) is 47.6 Å². The number of esters is 4. The van der Waals surface area contributed by atoms with Gasteiger partial charge in [0.2, 0.25) is 0 Å². The first kappa shape index (κ1) is 79.4. The SMILES string of the molecule is C=C(CC)C(=O)OCCOCCOC(=O)C(CC(F)(F)F)N1C(=O)c2cc(Oc3cccc(OC)c3)c3c4c(Oc5cccc(OC)c5)cc5c6c(cc(Oc7cccc(OC)c7)c(c7c(Oc8cccc(OC)c8)cc(c2c37)C1=O)c64)C(=O)N(C(CC(F)(F)F)C(=O)OCCOCCOC(=O)C(=C)CC)C5=O.[B]. The first-order valence-electron chi connectivity index (χ1n) is 33.4. The van der Waals surface area contributed by atoms with Crippen molar-refractivity contribution < 1.29 is 131 Å². The Bertz CT molecular complexity index is 4530. The van der Waals surface area contributed by atoms with Gasteiger partial charge in [0.25, 0.3) is 23.6 Å². The van der Waals surface area contributed by atoms with Crippen molar-refractivity contribution in [3.05, 3.63) is 168 Å². The van der Waals surface area contributed by atoms with Gasteiger partial charge in [0.15, 0.2) is 0 Å². The van der Waals surface area contributed by atoms with Crippen molar-refractivity contribution >= 4 is 99.0 Å². The van der Waals surface area contributed by atoms with E-state index in [0.29, 0.717) is 12.8 Å². The molecule has 31 heteroatoms. The molecule has 11 rings (SSSR count). The van der Waals surface area contributed by atoms with Crippen LogP contribution in [0.4, 0.5) is 26.3 Å². The van der Waals surface area contributed by atoms with Crippen molar-refractivity contribution in [1.82, 2.24) is 9.80 Å². The van der Waals surface area contributed by atoms with Crippen molar-refractivity contribution in [2.45, 2.75) is 64.0 Å². The molecule has 2 aliphatic heterocycles. The molecule has 0 bridgehead atoms. The van der Waals surface area contributed by atoms with Crippen LogP contribution in [0, 0.1) is 0 Å². The van der Waals surface area contributed by atoms with E-state index in [1.165, 1.54) is 101 Å². The molecule has 0 saturated carbocycles. The summed E-state index contributed by atoms with van der Waals surface area (Å²) in [5.41, 5.74) is -1.94. The number of benzene rings is 9. The van der Waals surface area contributed by atoms with Gasteiger partial charge < -0.3 is 66.3 Å². The Kier molecular flexibility index (Phi) is 24.6. The van der Waals surface area contributed by atoms with Gasteiger partial charge in [-0.2, -0.15) is 26.3 Å². The molecule has 2 atom stereocenters. The zero-order chi connectivity index (χ0) is 77.5. The highest BCUT2D eigenvalue weighted by Gasteiger charge is 2.51. The molecule has 109 heavy (non-hydrogen) atoms. The fourth-order valence-electron chi connectivity index (χ4n) is 12.3. The highest BCUT2D eigenvalue weighted by molar-refractivity contribution is 6.45. The molecule has 9 aromatic carbocycles. The number of hydrogen-bond acceptors (Lipinski definition) is 22. The van der Waals surface area contributed by atoms with Crippen LogP contribution in [0.2, 0.25) is 0 Å². The fraction of sp³-hybridized carbons (Fsp3) is 0.282. The lowest BCUT2D eigenvalue weighted by Crippen LogP contribution is -2.52. The summed E-state index contributed by atoms with van der Waals surface area (Å²) in [4.78, 5) is 117. The molecular weight excluding hydrogens is 1440 g/mol. The Morgan fingerprint density at radius 2 is 0.615 bits per heavy atom. The number of rotatable bonds is 34. The Labute approximate surface area is 619 Å². The lowest BCUT2D eigenvalue weighted by molar-refractivity contribution is -0.168. The van der Waals surface area contributed by atoms with Crippen LogP contribution in [0.25, 0.3) is 43.1 Å². The summed E-state index contributed by atoms with van der Waals surface area (Å²) < 4.78 is 172. The Morgan fingerprint density at radius 1 is 0.367 bits per heavy atom. The largest absolute Gasteiger partial charge is 0.497 e. The average Bonchev–Trinajstić information content (AvgIpc) is 0.670. The maximum atomic E-state index is 15.9. The summed E-state index contributed by atoms with van der Waals surface area (Å²) in [6.07, 6.45) is -14.3. The number of imide groups is 2. The van der Waals surface area contributed by atoms with E-state index in [9.17, 15) is 19.2 Å². The zero-order valence-corrected chi connectivity index (χ0v) is 59.3. The second-order valence-electron chi connectivity index (χ2n) is 24.2. The monoisotopic (exact) mass is 1510 g/mol. The maximum Gasteiger partial charge on any atom is 0.391 e. The third-order valence-electron chi connectivity index (χ3n) is 17.4. The quantitative estimate of drug-likeness (QED) is 0.00417. The third kappa shape index (κ3) is 17.2. The fourth-order valence-corrected chi connectivity index (χ4v) is 12.3. The molecule has 9 aromatic rings. The number of ether oxygens (including phenoxy) is 14. The first-order chi connectivity index (χ1) is 51.7. The van der Waals surface area contributed by atoms with E-state index in [-0.39, 0.29) is 145 Å². The van der Waals surface area contributed by atoms with Gasteiger partial charge >= 0.3 is 36.2 Å². The number of carbonyl (C=O) groups is 8. The molecule has 0 N–H and O–H groups in total. The molecule has 0 spiro atoms. The average molecular weight is 1510 g/mol. The van der Waals surface area contributed by atoms with Crippen molar-refractivity contribution in [1.29, 1.82) is 0 Å². The molecule has 24 nitrogen and oxygen atoms in total. The molecule has 2 unspecified atom stereocenters. The van der Waals surface area contributed by atoms with Crippen LogP contribution >= 0.6 is 0 Å². The number of hydrogen-bond donors (Lipinski definition) is 0. The predicted octanol–water partition coefficient (Wildman–Crippen LogP) is 14.5. The second kappa shape index (κ2) is 33.8. The number of halogens is 6. The summed E-state index contributed by atoms with van der Waals surface area (Å²) in [5, 5.41) is -1.75. The number of carbonyl (C=O) groups excluding carboxylic acids is 8. The maximum absolute atomic E-state index is 15.9. The summed E-state index contributed by atoms with van der Waals surface area (Å²) in [7, 11) is 5.39. The van der Waals surface area contributed by atoms with E-state index < -0.39 is 156 Å². The van der Waals surface area contributed by atoms with Crippen molar-refractivity contribution in [2.24, 2.45) is 0 Å². The normalized spacial score (nSPS) is 13.2. The van der Waals surface area contributed by atoms with Gasteiger partial charge in [0.05, 0.1) is 90.0 Å². The van der Waals surface area contributed by atoms with E-state index in [1.54, 1.807) is 38.1 Å². The third-order valence-corrected chi connectivity index (χ3v) is 17.4. The molecule has 2 aliphatic rings. The summed E-state index contributed by atoms with van der Waals surface area (Å²) in [6.45, 7) is 7.16. The lowest BCUT2D eigenvalue weighted by Gasteiger charge is -2.35. The molecule has 0 aliphatic carbocycles. The lowest BCUT2D eigenvalue weighted by atomic mass is 9.80.